The molecule has 1 spiro atoms. The van der Waals surface area contributed by atoms with Crippen LogP contribution < -0.4 is 9.80 Å². The average molecular weight is 324 g/mol. The van der Waals surface area contributed by atoms with Crippen molar-refractivity contribution in [3.63, 3.8) is 0 Å². The van der Waals surface area contributed by atoms with Crippen LogP contribution in [-0.2, 0) is 5.66 Å². The molecule has 2 aliphatic rings. The van der Waals surface area contributed by atoms with Crippen LogP contribution in [0.4, 0.5) is 11.4 Å². The van der Waals surface area contributed by atoms with Crippen molar-refractivity contribution in [2.75, 3.05) is 22.9 Å². The van der Waals surface area contributed by atoms with E-state index in [-0.39, 0.29) is 5.66 Å². The first kappa shape index (κ1) is 14.6. The molecule has 0 atom stereocenters. The number of nitrogens with zero attached hydrogens (tertiary/aromatic N) is 2. The topological polar surface area (TPSA) is 6.48 Å². The summed E-state index contributed by atoms with van der Waals surface area (Å²) in [6, 6.07) is 30.1. The molecular formula is C23H20N2. The van der Waals surface area contributed by atoms with E-state index in [1.807, 2.05) is 0 Å². The largest absolute Gasteiger partial charge is 0.344 e. The molecule has 1 saturated heterocycles. The van der Waals surface area contributed by atoms with Crippen molar-refractivity contribution in [1.29, 1.82) is 0 Å². The molecule has 1 aliphatic heterocycles. The smallest absolute Gasteiger partial charge is 0.152 e. The zero-order valence-electron chi connectivity index (χ0n) is 14.1. The van der Waals surface area contributed by atoms with Crippen LogP contribution in [-0.4, -0.2) is 13.1 Å². The number of anilines is 2. The standard InChI is InChI=1S/C23H20N2/c1-3-11-20(12-4-1)24-16-9-17-25(21-13-5-2-6-14-21)23(24)18-19-10-7-8-15-22(19)23/h1-8,10-15H,9,16-17H2. The van der Waals surface area contributed by atoms with Gasteiger partial charge in [-0.05, 0) is 36.2 Å². The van der Waals surface area contributed by atoms with Crippen molar-refractivity contribution >= 4 is 11.4 Å². The second-order valence-electron chi connectivity index (χ2n) is 6.67. The third-order valence-corrected chi connectivity index (χ3v) is 5.29. The molecule has 25 heavy (non-hydrogen) atoms. The number of hydrogen-bond acceptors (Lipinski definition) is 2. The molecule has 0 aromatic heterocycles. The van der Waals surface area contributed by atoms with Crippen LogP contribution in [0.3, 0.4) is 0 Å². The summed E-state index contributed by atoms with van der Waals surface area (Å²) in [5.74, 6) is 0. The molecular weight excluding hydrogens is 304 g/mol. The molecule has 5 rings (SSSR count). The normalized spacial score (nSPS) is 17.9. The maximum atomic E-state index is 3.79. The highest BCUT2D eigenvalue weighted by Gasteiger charge is 2.54. The first-order valence-corrected chi connectivity index (χ1v) is 8.93. The molecule has 2 radical (unpaired) electrons. The Morgan fingerprint density at radius 2 is 1.16 bits per heavy atom. The van der Waals surface area contributed by atoms with Gasteiger partial charge >= 0.3 is 0 Å². The predicted octanol–water partition coefficient (Wildman–Crippen LogP) is 4.70. The minimum absolute atomic E-state index is 0.308. The minimum atomic E-state index is -0.308. The van der Waals surface area contributed by atoms with Crippen LogP contribution in [0, 0.1) is 6.42 Å². The second-order valence-corrected chi connectivity index (χ2v) is 6.67. The Bertz CT molecular complexity index is 825. The zero-order valence-corrected chi connectivity index (χ0v) is 14.1. The van der Waals surface area contributed by atoms with E-state index in [1.165, 1.54) is 22.5 Å². The second kappa shape index (κ2) is 5.66. The van der Waals surface area contributed by atoms with E-state index in [4.69, 9.17) is 0 Å². The lowest BCUT2D eigenvalue weighted by molar-refractivity contribution is 0.358. The first-order chi connectivity index (χ1) is 12.4. The van der Waals surface area contributed by atoms with Gasteiger partial charge in [0.1, 0.15) is 0 Å². The van der Waals surface area contributed by atoms with Gasteiger partial charge in [-0.2, -0.15) is 0 Å². The Kier molecular flexibility index (Phi) is 3.30. The predicted molar refractivity (Wildman–Crippen MR) is 103 cm³/mol. The number of hydrogen-bond donors (Lipinski definition) is 0. The average Bonchev–Trinajstić information content (AvgIpc) is 2.68. The highest BCUT2D eigenvalue weighted by atomic mass is 15.4. The van der Waals surface area contributed by atoms with Crippen molar-refractivity contribution in [3.05, 3.63) is 102 Å². The molecule has 0 bridgehead atoms. The van der Waals surface area contributed by atoms with Crippen molar-refractivity contribution in [1.82, 2.24) is 0 Å². The Labute approximate surface area is 149 Å². The van der Waals surface area contributed by atoms with E-state index in [2.05, 4.69) is 101 Å². The molecule has 0 amide bonds. The fraction of sp³-hybridized carbons (Fsp3) is 0.174. The Morgan fingerprint density at radius 1 is 0.640 bits per heavy atom. The zero-order chi connectivity index (χ0) is 16.7. The van der Waals surface area contributed by atoms with E-state index < -0.39 is 0 Å². The van der Waals surface area contributed by atoms with Gasteiger partial charge in [0.2, 0.25) is 0 Å². The molecule has 3 aromatic carbocycles. The van der Waals surface area contributed by atoms with Crippen molar-refractivity contribution in [3.8, 4) is 0 Å². The minimum Gasteiger partial charge on any atom is -0.344 e. The summed E-state index contributed by atoms with van der Waals surface area (Å²) < 4.78 is 0. The van der Waals surface area contributed by atoms with Crippen LogP contribution >= 0.6 is 0 Å². The van der Waals surface area contributed by atoms with Crippen LogP contribution in [0.5, 0.6) is 0 Å². The van der Waals surface area contributed by atoms with E-state index >= 15 is 0 Å². The number of para-hydroxylation sites is 2. The Morgan fingerprint density at radius 3 is 1.72 bits per heavy atom. The van der Waals surface area contributed by atoms with Crippen LogP contribution in [0.25, 0.3) is 0 Å². The molecule has 0 saturated carbocycles. The summed E-state index contributed by atoms with van der Waals surface area (Å²) in [5, 5.41) is 0. The molecule has 122 valence electrons. The molecule has 0 unspecified atom stereocenters. The summed E-state index contributed by atoms with van der Waals surface area (Å²) >= 11 is 0. The van der Waals surface area contributed by atoms with E-state index in [9.17, 15) is 0 Å². The molecule has 3 aromatic rings. The van der Waals surface area contributed by atoms with Gasteiger partial charge in [-0.25, -0.2) is 0 Å². The fourth-order valence-electron chi connectivity index (χ4n) is 4.22. The molecule has 2 heteroatoms. The lowest BCUT2D eigenvalue weighted by Gasteiger charge is -2.60. The summed E-state index contributed by atoms with van der Waals surface area (Å²) in [6.45, 7) is 2.07. The fourth-order valence-corrected chi connectivity index (χ4v) is 4.22. The van der Waals surface area contributed by atoms with Crippen LogP contribution in [0.2, 0.25) is 0 Å². The van der Waals surface area contributed by atoms with Crippen molar-refractivity contribution < 1.29 is 0 Å². The van der Waals surface area contributed by atoms with Gasteiger partial charge in [0, 0.05) is 30.0 Å². The van der Waals surface area contributed by atoms with Crippen molar-refractivity contribution in [2.24, 2.45) is 0 Å². The van der Waals surface area contributed by atoms with Gasteiger partial charge in [0.15, 0.2) is 5.66 Å². The Hall–Kier alpha value is -2.74. The maximum Gasteiger partial charge on any atom is 0.152 e. The number of rotatable bonds is 2. The molecule has 1 aliphatic carbocycles. The quantitative estimate of drug-likeness (QED) is 0.674. The molecule has 1 fully saturated rings. The third kappa shape index (κ3) is 2.10. The highest BCUT2D eigenvalue weighted by Crippen LogP contribution is 2.52. The van der Waals surface area contributed by atoms with E-state index in [1.54, 1.807) is 0 Å². The summed E-state index contributed by atoms with van der Waals surface area (Å²) in [6.07, 6.45) is 4.92. The molecule has 0 N–H and O–H groups in total. The van der Waals surface area contributed by atoms with Crippen LogP contribution in [0.15, 0.2) is 84.9 Å². The molecule has 1 heterocycles. The number of benzene rings is 3. The highest BCUT2D eigenvalue weighted by molar-refractivity contribution is 5.70. The van der Waals surface area contributed by atoms with Gasteiger partial charge in [0.25, 0.3) is 0 Å². The van der Waals surface area contributed by atoms with Gasteiger partial charge in [-0.3, -0.25) is 0 Å². The summed E-state index contributed by atoms with van der Waals surface area (Å²) in [5.41, 5.74) is 4.78. The lowest BCUT2D eigenvalue weighted by Crippen LogP contribution is -2.67. The molecule has 2 nitrogen and oxygen atoms in total. The van der Waals surface area contributed by atoms with Gasteiger partial charge in [-0.15, -0.1) is 0 Å². The van der Waals surface area contributed by atoms with Crippen LogP contribution in [0.1, 0.15) is 17.5 Å². The lowest BCUT2D eigenvalue weighted by atomic mass is 9.73. The van der Waals surface area contributed by atoms with Gasteiger partial charge in [-0.1, -0.05) is 60.7 Å². The monoisotopic (exact) mass is 324 g/mol. The number of fused-ring (bicyclic) bond motifs is 2. The van der Waals surface area contributed by atoms with E-state index in [0.717, 1.165) is 19.5 Å². The van der Waals surface area contributed by atoms with Gasteiger partial charge in [0.05, 0.1) is 6.42 Å². The third-order valence-electron chi connectivity index (χ3n) is 5.29. The summed E-state index contributed by atoms with van der Waals surface area (Å²) in [7, 11) is 0. The van der Waals surface area contributed by atoms with Crippen molar-refractivity contribution in [2.45, 2.75) is 12.1 Å². The first-order valence-electron chi connectivity index (χ1n) is 8.93. The Balaban J connectivity index is 1.68. The summed E-state index contributed by atoms with van der Waals surface area (Å²) in [4.78, 5) is 5.01. The van der Waals surface area contributed by atoms with Gasteiger partial charge < -0.3 is 9.80 Å². The maximum absolute atomic E-state index is 3.79. The van der Waals surface area contributed by atoms with E-state index in [0.29, 0.717) is 0 Å². The SMILES string of the molecule is [C]1c2ccccc2C12N(c1ccccc1)CCCN2c1ccccc1.